The molecule has 0 aromatic heterocycles. The van der Waals surface area contributed by atoms with Gasteiger partial charge in [-0.3, -0.25) is 11.3 Å². The maximum Gasteiger partial charge on any atom is 0.0269 e. The van der Waals surface area contributed by atoms with Crippen LogP contribution >= 0.6 is 0 Å². The maximum absolute atomic E-state index is 5.82. The summed E-state index contributed by atoms with van der Waals surface area (Å²) in [6.07, 6.45) is 10.7. The lowest BCUT2D eigenvalue weighted by molar-refractivity contribution is 0.156. The minimum Gasteiger partial charge on any atom is -0.271 e. The highest BCUT2D eigenvalue weighted by Gasteiger charge is 2.39. The molecule has 0 aliphatic heterocycles. The monoisotopic (exact) mass is 226 g/mol. The summed E-state index contributed by atoms with van der Waals surface area (Å²) >= 11 is 0. The molecule has 0 aromatic carbocycles. The number of nitrogens with one attached hydrogen (secondary N) is 1. The van der Waals surface area contributed by atoms with Gasteiger partial charge in [-0.2, -0.15) is 0 Å². The van der Waals surface area contributed by atoms with Crippen LogP contribution in [-0.4, -0.2) is 6.04 Å². The molecule has 0 aromatic rings. The van der Waals surface area contributed by atoms with Crippen molar-refractivity contribution >= 4 is 0 Å². The average Bonchev–Trinajstić information content (AvgIpc) is 2.80. The molecule has 0 spiro atoms. The third-order valence-electron chi connectivity index (χ3n) is 4.97. The van der Waals surface area contributed by atoms with Crippen LogP contribution in [0, 0.1) is 11.3 Å². The van der Waals surface area contributed by atoms with E-state index in [1.165, 1.54) is 51.4 Å². The fourth-order valence-electron chi connectivity index (χ4n) is 3.48. The largest absolute Gasteiger partial charge is 0.271 e. The zero-order valence-electron chi connectivity index (χ0n) is 11.4. The first kappa shape index (κ1) is 14.0. The van der Waals surface area contributed by atoms with Gasteiger partial charge >= 0.3 is 0 Å². The Balaban J connectivity index is 2.63. The molecule has 0 bridgehead atoms. The second-order valence-corrected chi connectivity index (χ2v) is 5.56. The van der Waals surface area contributed by atoms with Gasteiger partial charge < -0.3 is 0 Å². The Kier molecular flexibility index (Phi) is 5.77. The molecule has 1 atom stereocenters. The van der Waals surface area contributed by atoms with Crippen LogP contribution in [-0.2, 0) is 0 Å². The summed E-state index contributed by atoms with van der Waals surface area (Å²) in [5.41, 5.74) is 3.63. The molecule has 0 radical (unpaired) electrons. The first-order valence-corrected chi connectivity index (χ1v) is 7.18. The number of hydrazine groups is 1. The molecular weight excluding hydrogens is 196 g/mol. The van der Waals surface area contributed by atoms with E-state index >= 15 is 0 Å². The summed E-state index contributed by atoms with van der Waals surface area (Å²) in [5.74, 6) is 6.66. The minimum absolute atomic E-state index is 0.497. The highest BCUT2D eigenvalue weighted by Crippen LogP contribution is 2.45. The molecule has 1 aliphatic carbocycles. The third-order valence-corrected chi connectivity index (χ3v) is 4.97. The van der Waals surface area contributed by atoms with Crippen LogP contribution in [0.2, 0.25) is 0 Å². The Morgan fingerprint density at radius 3 is 2.06 bits per heavy atom. The number of hydrogen-bond acceptors (Lipinski definition) is 2. The molecule has 1 fully saturated rings. The van der Waals surface area contributed by atoms with Crippen molar-refractivity contribution in [3.63, 3.8) is 0 Å². The van der Waals surface area contributed by atoms with E-state index in [-0.39, 0.29) is 0 Å². The summed E-state index contributed by atoms with van der Waals surface area (Å²) in [7, 11) is 0. The van der Waals surface area contributed by atoms with Crippen molar-refractivity contribution in [1.82, 2.24) is 5.43 Å². The molecule has 1 unspecified atom stereocenters. The molecule has 1 rings (SSSR count). The first-order valence-electron chi connectivity index (χ1n) is 7.18. The normalized spacial score (nSPS) is 21.6. The van der Waals surface area contributed by atoms with E-state index in [2.05, 4.69) is 26.2 Å². The molecule has 2 nitrogen and oxygen atoms in total. The lowest BCUT2D eigenvalue weighted by Gasteiger charge is -2.38. The Bertz CT molecular complexity index is 181. The van der Waals surface area contributed by atoms with Crippen LogP contribution in [0.4, 0.5) is 0 Å². The standard InChI is InChI=1S/C14H30N2/c1-4-12(5-2)11-13(16-15)14(6-3)9-7-8-10-14/h12-13,16H,4-11,15H2,1-3H3. The van der Waals surface area contributed by atoms with Gasteiger partial charge in [0.2, 0.25) is 0 Å². The van der Waals surface area contributed by atoms with Crippen molar-refractivity contribution in [3.8, 4) is 0 Å². The second-order valence-electron chi connectivity index (χ2n) is 5.56. The summed E-state index contributed by atoms with van der Waals surface area (Å²) in [4.78, 5) is 0. The highest BCUT2D eigenvalue weighted by atomic mass is 15.2. The van der Waals surface area contributed by atoms with Gasteiger partial charge in [0.15, 0.2) is 0 Å². The Hall–Kier alpha value is -0.0800. The topological polar surface area (TPSA) is 38.0 Å². The van der Waals surface area contributed by atoms with Gasteiger partial charge in [0.25, 0.3) is 0 Å². The first-order chi connectivity index (χ1) is 7.72. The van der Waals surface area contributed by atoms with Crippen LogP contribution in [0.25, 0.3) is 0 Å². The fourth-order valence-corrected chi connectivity index (χ4v) is 3.48. The van der Waals surface area contributed by atoms with Crippen molar-refractivity contribution < 1.29 is 0 Å². The summed E-state index contributed by atoms with van der Waals surface area (Å²) in [6.45, 7) is 6.94. The van der Waals surface area contributed by atoms with Gasteiger partial charge in [0.1, 0.15) is 0 Å². The van der Waals surface area contributed by atoms with Crippen molar-refractivity contribution in [2.24, 2.45) is 17.2 Å². The van der Waals surface area contributed by atoms with Crippen LogP contribution in [0.3, 0.4) is 0 Å². The molecule has 96 valence electrons. The number of nitrogens with two attached hydrogens (primary N) is 1. The molecule has 2 heteroatoms. The highest BCUT2D eigenvalue weighted by molar-refractivity contribution is 4.93. The number of rotatable bonds is 7. The van der Waals surface area contributed by atoms with E-state index in [4.69, 9.17) is 5.84 Å². The molecule has 1 aliphatic rings. The zero-order chi connectivity index (χ0) is 12.0. The van der Waals surface area contributed by atoms with E-state index in [1.807, 2.05) is 0 Å². The predicted octanol–water partition coefficient (Wildman–Crippen LogP) is 3.62. The summed E-state index contributed by atoms with van der Waals surface area (Å²) < 4.78 is 0. The second kappa shape index (κ2) is 6.61. The Morgan fingerprint density at radius 1 is 1.12 bits per heavy atom. The molecule has 0 heterocycles. The average molecular weight is 226 g/mol. The van der Waals surface area contributed by atoms with E-state index in [0.717, 1.165) is 5.92 Å². The van der Waals surface area contributed by atoms with Crippen molar-refractivity contribution in [2.75, 3.05) is 0 Å². The van der Waals surface area contributed by atoms with Crippen molar-refractivity contribution in [1.29, 1.82) is 0 Å². The lowest BCUT2D eigenvalue weighted by Crippen LogP contribution is -2.48. The SMILES string of the molecule is CCC(CC)CC(NN)C1(CC)CCCC1. The molecule has 3 N–H and O–H groups in total. The fraction of sp³-hybridized carbons (Fsp3) is 1.00. The molecule has 0 amide bonds. The minimum atomic E-state index is 0.497. The lowest BCUT2D eigenvalue weighted by atomic mass is 9.73. The maximum atomic E-state index is 5.82. The van der Waals surface area contributed by atoms with E-state index in [9.17, 15) is 0 Å². The molecular formula is C14H30N2. The molecule has 0 saturated heterocycles. The smallest absolute Gasteiger partial charge is 0.0269 e. The quantitative estimate of drug-likeness (QED) is 0.514. The Morgan fingerprint density at radius 2 is 1.69 bits per heavy atom. The van der Waals surface area contributed by atoms with Gasteiger partial charge in [-0.05, 0) is 37.0 Å². The van der Waals surface area contributed by atoms with E-state index in [1.54, 1.807) is 0 Å². The van der Waals surface area contributed by atoms with Gasteiger partial charge in [-0.25, -0.2) is 0 Å². The van der Waals surface area contributed by atoms with Crippen LogP contribution in [0.1, 0.15) is 72.1 Å². The zero-order valence-corrected chi connectivity index (χ0v) is 11.4. The molecule has 16 heavy (non-hydrogen) atoms. The number of hydrogen-bond donors (Lipinski definition) is 2. The van der Waals surface area contributed by atoms with Gasteiger partial charge in [0, 0.05) is 6.04 Å². The van der Waals surface area contributed by atoms with Crippen LogP contribution in [0.5, 0.6) is 0 Å². The van der Waals surface area contributed by atoms with Crippen molar-refractivity contribution in [2.45, 2.75) is 78.2 Å². The van der Waals surface area contributed by atoms with Crippen LogP contribution in [0.15, 0.2) is 0 Å². The van der Waals surface area contributed by atoms with Gasteiger partial charge in [0.05, 0.1) is 0 Å². The van der Waals surface area contributed by atoms with E-state index in [0.29, 0.717) is 11.5 Å². The summed E-state index contributed by atoms with van der Waals surface area (Å²) in [5, 5.41) is 0. The Labute approximate surface area is 101 Å². The van der Waals surface area contributed by atoms with Gasteiger partial charge in [-0.15, -0.1) is 0 Å². The van der Waals surface area contributed by atoms with Gasteiger partial charge in [-0.1, -0.05) is 46.5 Å². The van der Waals surface area contributed by atoms with Crippen molar-refractivity contribution in [3.05, 3.63) is 0 Å². The summed E-state index contributed by atoms with van der Waals surface area (Å²) in [6, 6.07) is 0.532. The predicted molar refractivity (Wildman–Crippen MR) is 71.0 cm³/mol. The molecule has 1 saturated carbocycles. The van der Waals surface area contributed by atoms with E-state index < -0.39 is 0 Å². The third kappa shape index (κ3) is 2.98. The van der Waals surface area contributed by atoms with Crippen LogP contribution < -0.4 is 11.3 Å².